The molecule has 0 heterocycles. The smallest absolute Gasteiger partial charge is 0.332 e. The van der Waals surface area contributed by atoms with Crippen molar-refractivity contribution < 1.29 is 32.2 Å². The summed E-state index contributed by atoms with van der Waals surface area (Å²) in [7, 11) is 0. The third-order valence-corrected chi connectivity index (χ3v) is 5.70. The van der Waals surface area contributed by atoms with Crippen LogP contribution >= 0.6 is 0 Å². The predicted octanol–water partition coefficient (Wildman–Crippen LogP) is 7.17. The van der Waals surface area contributed by atoms with Crippen molar-refractivity contribution in [2.45, 2.75) is 51.2 Å². The molecule has 3 aromatic rings. The van der Waals surface area contributed by atoms with Crippen LogP contribution in [0, 0.1) is 17.5 Å². The standard InChI is InChI=1S/C28H27F3O4/c1-28(2,3)35-26(32)16-33-22-12-19(13-22)17-4-6-18(7-5-17)24-14-23(15-25(30)27(24)31)34-21-10-8-20(29)9-11-21/h4-11,14-15,19,22H,12-13,16H2,1-3H3. The Labute approximate surface area is 202 Å². The van der Waals surface area contributed by atoms with Crippen molar-refractivity contribution in [2.75, 3.05) is 6.61 Å². The molecule has 0 bridgehead atoms. The van der Waals surface area contributed by atoms with E-state index in [-0.39, 0.29) is 35.9 Å². The fraction of sp³-hybridized carbons (Fsp3) is 0.321. The second kappa shape index (κ2) is 10.1. The van der Waals surface area contributed by atoms with Crippen LogP contribution in [-0.2, 0) is 14.3 Å². The summed E-state index contributed by atoms with van der Waals surface area (Å²) >= 11 is 0. The Bertz CT molecular complexity index is 1180. The van der Waals surface area contributed by atoms with Crippen LogP contribution in [0.2, 0.25) is 0 Å². The average Bonchev–Trinajstić information content (AvgIpc) is 2.76. The van der Waals surface area contributed by atoms with E-state index in [1.54, 1.807) is 12.1 Å². The molecule has 0 N–H and O–H groups in total. The van der Waals surface area contributed by atoms with Crippen molar-refractivity contribution in [1.29, 1.82) is 0 Å². The number of halogens is 3. The average molecular weight is 485 g/mol. The van der Waals surface area contributed by atoms with Crippen LogP contribution < -0.4 is 4.74 Å². The van der Waals surface area contributed by atoms with Crippen LogP contribution in [0.25, 0.3) is 11.1 Å². The Morgan fingerprint density at radius 1 is 0.914 bits per heavy atom. The molecule has 4 rings (SSSR count). The molecule has 1 fully saturated rings. The van der Waals surface area contributed by atoms with Gasteiger partial charge in [0.1, 0.15) is 29.5 Å². The van der Waals surface area contributed by atoms with Gasteiger partial charge in [-0.1, -0.05) is 24.3 Å². The minimum atomic E-state index is -1.03. The van der Waals surface area contributed by atoms with Crippen LogP contribution in [0.1, 0.15) is 45.1 Å². The van der Waals surface area contributed by atoms with Gasteiger partial charge in [0.2, 0.25) is 0 Å². The normalized spacial score (nSPS) is 17.5. The number of hydrogen-bond donors (Lipinski definition) is 0. The minimum Gasteiger partial charge on any atom is -0.458 e. The van der Waals surface area contributed by atoms with E-state index in [0.717, 1.165) is 24.5 Å². The van der Waals surface area contributed by atoms with Gasteiger partial charge in [-0.05, 0) is 81.0 Å². The lowest BCUT2D eigenvalue weighted by Gasteiger charge is -2.35. The van der Waals surface area contributed by atoms with Crippen LogP contribution in [-0.4, -0.2) is 24.3 Å². The molecule has 3 aromatic carbocycles. The Hall–Kier alpha value is -3.32. The number of benzene rings is 3. The molecular weight excluding hydrogens is 457 g/mol. The zero-order chi connectivity index (χ0) is 25.2. The maximum atomic E-state index is 14.6. The maximum absolute atomic E-state index is 14.6. The molecule has 1 saturated carbocycles. The Balaban J connectivity index is 1.38. The number of rotatable bonds is 7. The lowest BCUT2D eigenvalue weighted by Crippen LogP contribution is -2.33. The largest absolute Gasteiger partial charge is 0.458 e. The first-order valence-corrected chi connectivity index (χ1v) is 11.4. The molecule has 4 nitrogen and oxygen atoms in total. The highest BCUT2D eigenvalue weighted by Crippen LogP contribution is 2.40. The van der Waals surface area contributed by atoms with Crippen molar-refractivity contribution in [3.05, 3.63) is 83.7 Å². The van der Waals surface area contributed by atoms with Gasteiger partial charge < -0.3 is 14.2 Å². The molecule has 7 heteroatoms. The molecule has 35 heavy (non-hydrogen) atoms. The fourth-order valence-electron chi connectivity index (χ4n) is 3.94. The van der Waals surface area contributed by atoms with Crippen LogP contribution in [0.15, 0.2) is 60.7 Å². The van der Waals surface area contributed by atoms with Gasteiger partial charge in [-0.2, -0.15) is 0 Å². The Morgan fingerprint density at radius 3 is 2.20 bits per heavy atom. The summed E-state index contributed by atoms with van der Waals surface area (Å²) in [5.74, 6) is -2.12. The zero-order valence-electron chi connectivity index (χ0n) is 19.8. The SMILES string of the molecule is CC(C)(C)OC(=O)COC1CC(c2ccc(-c3cc(Oc4ccc(F)cc4)cc(F)c3F)cc2)C1. The lowest BCUT2D eigenvalue weighted by molar-refractivity contribution is -0.164. The number of hydrogen-bond acceptors (Lipinski definition) is 4. The third kappa shape index (κ3) is 6.42. The quantitative estimate of drug-likeness (QED) is 0.334. The molecule has 0 radical (unpaired) electrons. The van der Waals surface area contributed by atoms with E-state index in [1.807, 2.05) is 32.9 Å². The molecular formula is C28H27F3O4. The summed E-state index contributed by atoms with van der Waals surface area (Å²) in [5.41, 5.74) is 1.09. The number of esters is 1. The van der Waals surface area contributed by atoms with E-state index in [4.69, 9.17) is 14.2 Å². The van der Waals surface area contributed by atoms with Crippen LogP contribution in [0.4, 0.5) is 13.2 Å². The summed E-state index contributed by atoms with van der Waals surface area (Å²) in [5, 5.41) is 0. The van der Waals surface area contributed by atoms with Gasteiger partial charge in [0.15, 0.2) is 11.6 Å². The Kier molecular flexibility index (Phi) is 7.17. The molecule has 184 valence electrons. The molecule has 0 unspecified atom stereocenters. The molecule has 0 saturated heterocycles. The second-order valence-electron chi connectivity index (χ2n) is 9.63. The summed E-state index contributed by atoms with van der Waals surface area (Å²) in [4.78, 5) is 11.8. The van der Waals surface area contributed by atoms with E-state index in [9.17, 15) is 18.0 Å². The lowest BCUT2D eigenvalue weighted by atomic mass is 9.77. The molecule has 1 aliphatic carbocycles. The molecule has 1 aliphatic rings. The summed E-state index contributed by atoms with van der Waals surface area (Å²) in [6, 6.07) is 14.9. The highest BCUT2D eigenvalue weighted by atomic mass is 19.2. The summed E-state index contributed by atoms with van der Waals surface area (Å²) < 4.78 is 58.4. The van der Waals surface area contributed by atoms with E-state index in [0.29, 0.717) is 11.3 Å². The molecule has 0 aromatic heterocycles. The first-order chi connectivity index (χ1) is 16.6. The highest BCUT2D eigenvalue weighted by molar-refractivity contribution is 5.71. The summed E-state index contributed by atoms with van der Waals surface area (Å²) in [6.45, 7) is 5.35. The van der Waals surface area contributed by atoms with Crippen LogP contribution in [0.5, 0.6) is 11.5 Å². The first kappa shape index (κ1) is 24.8. The van der Waals surface area contributed by atoms with Gasteiger partial charge in [0.25, 0.3) is 0 Å². The van der Waals surface area contributed by atoms with Gasteiger partial charge in [-0.25, -0.2) is 18.0 Å². The number of carbonyl (C=O) groups excluding carboxylic acids is 1. The van der Waals surface area contributed by atoms with Gasteiger partial charge >= 0.3 is 5.97 Å². The van der Waals surface area contributed by atoms with Crippen molar-refractivity contribution in [1.82, 2.24) is 0 Å². The zero-order valence-corrected chi connectivity index (χ0v) is 19.8. The second-order valence-corrected chi connectivity index (χ2v) is 9.63. The van der Waals surface area contributed by atoms with Gasteiger partial charge in [0.05, 0.1) is 6.10 Å². The van der Waals surface area contributed by atoms with E-state index in [1.165, 1.54) is 30.3 Å². The third-order valence-electron chi connectivity index (χ3n) is 5.70. The summed E-state index contributed by atoms with van der Waals surface area (Å²) in [6.07, 6.45) is 1.53. The van der Waals surface area contributed by atoms with Crippen molar-refractivity contribution in [3.63, 3.8) is 0 Å². The predicted molar refractivity (Wildman–Crippen MR) is 126 cm³/mol. The van der Waals surface area contributed by atoms with E-state index in [2.05, 4.69) is 0 Å². The van der Waals surface area contributed by atoms with Gasteiger partial charge in [0, 0.05) is 11.6 Å². The first-order valence-electron chi connectivity index (χ1n) is 11.4. The van der Waals surface area contributed by atoms with E-state index >= 15 is 0 Å². The number of carbonyl (C=O) groups is 1. The molecule has 0 amide bonds. The van der Waals surface area contributed by atoms with Crippen molar-refractivity contribution in [2.24, 2.45) is 0 Å². The fourth-order valence-corrected chi connectivity index (χ4v) is 3.94. The monoisotopic (exact) mass is 484 g/mol. The molecule has 0 atom stereocenters. The highest BCUT2D eigenvalue weighted by Gasteiger charge is 2.32. The van der Waals surface area contributed by atoms with Gasteiger partial charge in [-0.15, -0.1) is 0 Å². The minimum absolute atomic E-state index is 0.0148. The maximum Gasteiger partial charge on any atom is 0.332 e. The molecule has 0 spiro atoms. The van der Waals surface area contributed by atoms with Gasteiger partial charge in [-0.3, -0.25) is 0 Å². The van der Waals surface area contributed by atoms with Crippen molar-refractivity contribution >= 4 is 5.97 Å². The van der Waals surface area contributed by atoms with Crippen molar-refractivity contribution in [3.8, 4) is 22.6 Å². The molecule has 0 aliphatic heterocycles. The Morgan fingerprint density at radius 2 is 1.57 bits per heavy atom. The van der Waals surface area contributed by atoms with Crippen LogP contribution in [0.3, 0.4) is 0 Å². The number of ether oxygens (including phenoxy) is 3. The van der Waals surface area contributed by atoms with E-state index < -0.39 is 23.1 Å². The topological polar surface area (TPSA) is 44.8 Å².